The smallest absolute Gasteiger partial charge is 0.363 e. The second-order valence-corrected chi connectivity index (χ2v) is 6.75. The van der Waals surface area contributed by atoms with Gasteiger partial charge in [0.1, 0.15) is 0 Å². The number of esters is 1. The number of carbonyl (C=O) groups excluding carboxylic acids is 2. The van der Waals surface area contributed by atoms with Crippen molar-refractivity contribution in [2.75, 3.05) is 0 Å². The fourth-order valence-corrected chi connectivity index (χ4v) is 3.28. The fraction of sp³-hybridized carbons (Fsp3) is 0.0500. The standard InChI is InChI=1S/C20H13BrN2O3/c1-12(24)23-11-14(16-7-2-3-8-18(16)23)10-17-20(25)26-19(22-17)13-5-4-6-15(21)9-13/h2-11H,1H3. The number of cyclic esters (lactones) is 1. The predicted molar refractivity (Wildman–Crippen MR) is 103 cm³/mol. The van der Waals surface area contributed by atoms with Gasteiger partial charge in [-0.25, -0.2) is 9.79 Å². The minimum absolute atomic E-state index is 0.0989. The Morgan fingerprint density at radius 1 is 1.19 bits per heavy atom. The number of nitrogens with zero attached hydrogens (tertiary/aromatic N) is 2. The van der Waals surface area contributed by atoms with E-state index in [0.29, 0.717) is 5.56 Å². The van der Waals surface area contributed by atoms with Crippen molar-refractivity contribution < 1.29 is 14.3 Å². The molecule has 0 aliphatic carbocycles. The minimum Gasteiger partial charge on any atom is -0.402 e. The van der Waals surface area contributed by atoms with E-state index in [4.69, 9.17) is 4.74 Å². The Bertz CT molecular complexity index is 1130. The van der Waals surface area contributed by atoms with Crippen molar-refractivity contribution in [2.45, 2.75) is 6.92 Å². The van der Waals surface area contributed by atoms with Crippen LogP contribution < -0.4 is 0 Å². The molecule has 0 bridgehead atoms. The molecule has 5 nitrogen and oxygen atoms in total. The average molecular weight is 409 g/mol. The molecule has 1 aliphatic rings. The lowest BCUT2D eigenvalue weighted by Gasteiger charge is -1.99. The number of hydrogen-bond donors (Lipinski definition) is 0. The first-order valence-electron chi connectivity index (χ1n) is 7.92. The van der Waals surface area contributed by atoms with E-state index in [1.165, 1.54) is 6.92 Å². The van der Waals surface area contributed by atoms with Crippen molar-refractivity contribution in [1.82, 2.24) is 4.57 Å². The first-order valence-corrected chi connectivity index (χ1v) is 8.72. The molecule has 128 valence electrons. The molecule has 0 fully saturated rings. The van der Waals surface area contributed by atoms with Crippen LogP contribution in [0.15, 0.2) is 69.9 Å². The molecule has 0 atom stereocenters. The average Bonchev–Trinajstić information content (AvgIpc) is 3.17. The van der Waals surface area contributed by atoms with E-state index in [1.807, 2.05) is 48.5 Å². The predicted octanol–water partition coefficient (Wildman–Crippen LogP) is 4.41. The number of aromatic nitrogens is 1. The molecule has 3 aromatic rings. The second kappa shape index (κ2) is 6.38. The highest BCUT2D eigenvalue weighted by Crippen LogP contribution is 2.26. The molecule has 26 heavy (non-hydrogen) atoms. The molecule has 1 aromatic heterocycles. The fourth-order valence-electron chi connectivity index (χ4n) is 2.88. The van der Waals surface area contributed by atoms with Crippen molar-refractivity contribution in [3.8, 4) is 0 Å². The zero-order valence-corrected chi connectivity index (χ0v) is 15.4. The Labute approximate surface area is 157 Å². The van der Waals surface area contributed by atoms with Crippen LogP contribution >= 0.6 is 15.9 Å². The van der Waals surface area contributed by atoms with Crippen molar-refractivity contribution >= 4 is 50.7 Å². The van der Waals surface area contributed by atoms with Gasteiger partial charge in [-0.1, -0.05) is 40.2 Å². The first kappa shape index (κ1) is 16.5. The molecular formula is C20H13BrN2O3. The Kier molecular flexibility index (Phi) is 4.05. The van der Waals surface area contributed by atoms with Gasteiger partial charge in [-0.05, 0) is 30.3 Å². The molecule has 1 aliphatic heterocycles. The van der Waals surface area contributed by atoms with Crippen LogP contribution in [0, 0.1) is 0 Å². The van der Waals surface area contributed by atoms with Crippen molar-refractivity contribution in [1.29, 1.82) is 0 Å². The molecule has 2 heterocycles. The van der Waals surface area contributed by atoms with Crippen molar-refractivity contribution in [3.05, 3.63) is 76.0 Å². The number of para-hydroxylation sites is 1. The van der Waals surface area contributed by atoms with Crippen LogP contribution in [-0.4, -0.2) is 22.3 Å². The molecule has 0 spiro atoms. The number of aliphatic imine (C=N–C) groups is 1. The largest absolute Gasteiger partial charge is 0.402 e. The normalized spacial score (nSPS) is 15.4. The van der Waals surface area contributed by atoms with Gasteiger partial charge in [0.25, 0.3) is 0 Å². The van der Waals surface area contributed by atoms with Gasteiger partial charge < -0.3 is 4.74 Å². The summed E-state index contributed by atoms with van der Waals surface area (Å²) in [6, 6.07) is 14.9. The summed E-state index contributed by atoms with van der Waals surface area (Å²) in [4.78, 5) is 28.4. The molecule has 0 unspecified atom stereocenters. The molecular weight excluding hydrogens is 396 g/mol. The molecule has 0 amide bonds. The van der Waals surface area contributed by atoms with Crippen LogP contribution in [0.1, 0.15) is 22.8 Å². The summed E-state index contributed by atoms with van der Waals surface area (Å²) in [6.45, 7) is 1.50. The lowest BCUT2D eigenvalue weighted by molar-refractivity contribution is -0.129. The maximum atomic E-state index is 12.2. The van der Waals surface area contributed by atoms with E-state index in [-0.39, 0.29) is 17.5 Å². The molecule has 0 N–H and O–H groups in total. The number of fused-ring (bicyclic) bond motifs is 1. The van der Waals surface area contributed by atoms with Crippen molar-refractivity contribution in [3.63, 3.8) is 0 Å². The monoisotopic (exact) mass is 408 g/mol. The quantitative estimate of drug-likeness (QED) is 0.466. The van der Waals surface area contributed by atoms with E-state index >= 15 is 0 Å². The second-order valence-electron chi connectivity index (χ2n) is 5.84. The summed E-state index contributed by atoms with van der Waals surface area (Å²) in [5, 5.41) is 0.870. The third-order valence-electron chi connectivity index (χ3n) is 4.07. The third kappa shape index (κ3) is 2.88. The number of halogens is 1. The van der Waals surface area contributed by atoms with Crippen LogP contribution in [0.4, 0.5) is 0 Å². The Morgan fingerprint density at radius 3 is 2.77 bits per heavy atom. The SMILES string of the molecule is CC(=O)n1cc(C=C2N=C(c3cccc(Br)c3)OC2=O)c2ccccc21. The molecule has 6 heteroatoms. The number of rotatable bonds is 2. The van der Waals surface area contributed by atoms with Gasteiger partial charge in [-0.15, -0.1) is 0 Å². The van der Waals surface area contributed by atoms with Crippen LogP contribution in [0.2, 0.25) is 0 Å². The van der Waals surface area contributed by atoms with Crippen LogP contribution in [0.3, 0.4) is 0 Å². The highest BCUT2D eigenvalue weighted by atomic mass is 79.9. The van der Waals surface area contributed by atoms with E-state index in [2.05, 4.69) is 20.9 Å². The Balaban J connectivity index is 1.80. The summed E-state index contributed by atoms with van der Waals surface area (Å²) in [7, 11) is 0. The maximum Gasteiger partial charge on any atom is 0.363 e. The highest BCUT2D eigenvalue weighted by Gasteiger charge is 2.25. The first-order chi connectivity index (χ1) is 12.5. The van der Waals surface area contributed by atoms with E-state index in [0.717, 1.165) is 20.9 Å². The molecule has 4 rings (SSSR count). The zero-order valence-electron chi connectivity index (χ0n) is 13.8. The summed E-state index contributed by atoms with van der Waals surface area (Å²) >= 11 is 3.39. The van der Waals surface area contributed by atoms with Gasteiger partial charge in [0.2, 0.25) is 11.8 Å². The molecule has 0 radical (unpaired) electrons. The van der Waals surface area contributed by atoms with E-state index < -0.39 is 5.97 Å². The van der Waals surface area contributed by atoms with Crippen LogP contribution in [0.5, 0.6) is 0 Å². The van der Waals surface area contributed by atoms with Gasteiger partial charge in [0.15, 0.2) is 5.70 Å². The Morgan fingerprint density at radius 2 is 2.00 bits per heavy atom. The van der Waals surface area contributed by atoms with E-state index in [9.17, 15) is 9.59 Å². The zero-order chi connectivity index (χ0) is 18.3. The van der Waals surface area contributed by atoms with Gasteiger partial charge in [-0.3, -0.25) is 9.36 Å². The number of carbonyl (C=O) groups is 2. The third-order valence-corrected chi connectivity index (χ3v) is 4.56. The molecule has 2 aromatic carbocycles. The van der Waals surface area contributed by atoms with Gasteiger partial charge >= 0.3 is 5.97 Å². The van der Waals surface area contributed by atoms with Gasteiger partial charge in [0.05, 0.1) is 5.52 Å². The summed E-state index contributed by atoms with van der Waals surface area (Å²) in [6.07, 6.45) is 3.36. The van der Waals surface area contributed by atoms with Crippen LogP contribution in [-0.2, 0) is 9.53 Å². The van der Waals surface area contributed by atoms with Crippen LogP contribution in [0.25, 0.3) is 17.0 Å². The highest BCUT2D eigenvalue weighted by molar-refractivity contribution is 9.10. The summed E-state index contributed by atoms with van der Waals surface area (Å²) < 4.78 is 7.73. The maximum absolute atomic E-state index is 12.2. The lowest BCUT2D eigenvalue weighted by atomic mass is 10.1. The van der Waals surface area contributed by atoms with Crippen molar-refractivity contribution in [2.24, 2.45) is 4.99 Å². The number of hydrogen-bond acceptors (Lipinski definition) is 4. The number of benzene rings is 2. The van der Waals surface area contributed by atoms with Gasteiger partial charge in [-0.2, -0.15) is 0 Å². The topological polar surface area (TPSA) is 60.7 Å². The van der Waals surface area contributed by atoms with E-state index in [1.54, 1.807) is 16.8 Å². The Hall–Kier alpha value is -2.99. The number of ether oxygens (including phenoxy) is 1. The molecule has 0 saturated heterocycles. The summed E-state index contributed by atoms with van der Waals surface area (Å²) in [5.41, 5.74) is 2.44. The minimum atomic E-state index is -0.514. The lowest BCUT2D eigenvalue weighted by Crippen LogP contribution is -2.05. The molecule has 0 saturated carbocycles. The van der Waals surface area contributed by atoms with Gasteiger partial charge in [0, 0.05) is 34.1 Å². The summed E-state index contributed by atoms with van der Waals surface area (Å²) in [5.74, 6) is -0.351.